The van der Waals surface area contributed by atoms with Gasteiger partial charge in [-0.3, -0.25) is 4.79 Å². The second kappa shape index (κ2) is 5.75. The number of hydrogen-bond acceptors (Lipinski definition) is 4. The molecule has 110 valence electrons. The highest BCUT2D eigenvalue weighted by molar-refractivity contribution is 5.79. The van der Waals surface area contributed by atoms with Gasteiger partial charge in [-0.2, -0.15) is 0 Å². The van der Waals surface area contributed by atoms with Crippen LogP contribution in [0.5, 0.6) is 0 Å². The number of ether oxygens (including phenoxy) is 2. The van der Waals surface area contributed by atoms with Crippen molar-refractivity contribution in [2.24, 2.45) is 5.41 Å². The van der Waals surface area contributed by atoms with Gasteiger partial charge in [-0.25, -0.2) is 9.18 Å². The first-order chi connectivity index (χ1) is 8.74. The van der Waals surface area contributed by atoms with Crippen LogP contribution in [0.2, 0.25) is 0 Å². The van der Waals surface area contributed by atoms with E-state index in [2.05, 4.69) is 0 Å². The lowest BCUT2D eigenvalue weighted by molar-refractivity contribution is -0.155. The lowest BCUT2D eigenvalue weighted by Gasteiger charge is -2.26. The highest BCUT2D eigenvalue weighted by atomic mass is 19.1. The summed E-state index contributed by atoms with van der Waals surface area (Å²) in [7, 11) is 0. The van der Waals surface area contributed by atoms with Crippen molar-refractivity contribution < 1.29 is 23.5 Å². The van der Waals surface area contributed by atoms with Crippen molar-refractivity contribution in [3.8, 4) is 0 Å². The molecular formula is C13H22FNO4. The molecule has 1 rings (SSSR count). The summed E-state index contributed by atoms with van der Waals surface area (Å²) in [6.07, 6.45) is -0.256. The molecule has 1 atom stereocenters. The third-order valence-corrected chi connectivity index (χ3v) is 2.97. The fraction of sp³-hybridized carbons (Fsp3) is 0.846. The molecule has 1 aliphatic rings. The Morgan fingerprint density at radius 3 is 2.47 bits per heavy atom. The van der Waals surface area contributed by atoms with Crippen LogP contribution in [0.15, 0.2) is 0 Å². The maximum Gasteiger partial charge on any atom is 0.410 e. The molecule has 0 aromatic rings. The average Bonchev–Trinajstić information content (AvgIpc) is 2.72. The largest absolute Gasteiger partial charge is 0.465 e. The van der Waals surface area contributed by atoms with E-state index in [-0.39, 0.29) is 19.6 Å². The van der Waals surface area contributed by atoms with E-state index in [1.807, 2.05) is 0 Å². The van der Waals surface area contributed by atoms with Crippen molar-refractivity contribution in [3.05, 3.63) is 0 Å². The molecule has 6 heteroatoms. The minimum absolute atomic E-state index is 0.0112. The summed E-state index contributed by atoms with van der Waals surface area (Å²) in [6, 6.07) is 0. The van der Waals surface area contributed by atoms with E-state index in [0.717, 1.165) is 0 Å². The maximum absolute atomic E-state index is 13.2. The summed E-state index contributed by atoms with van der Waals surface area (Å²) in [6.45, 7) is 6.63. The van der Waals surface area contributed by atoms with E-state index in [1.165, 1.54) is 4.90 Å². The molecule has 1 fully saturated rings. The molecule has 0 aliphatic carbocycles. The van der Waals surface area contributed by atoms with E-state index < -0.39 is 29.8 Å². The Kier molecular flexibility index (Phi) is 4.76. The average molecular weight is 275 g/mol. The first-order valence-electron chi connectivity index (χ1n) is 6.45. The smallest absolute Gasteiger partial charge is 0.410 e. The highest BCUT2D eigenvalue weighted by Gasteiger charge is 2.48. The number of rotatable bonds is 3. The number of nitrogens with zero attached hydrogens (tertiary/aromatic N) is 1. The molecular weight excluding hydrogens is 253 g/mol. The minimum Gasteiger partial charge on any atom is -0.465 e. The van der Waals surface area contributed by atoms with Crippen molar-refractivity contribution in [1.82, 2.24) is 4.90 Å². The van der Waals surface area contributed by atoms with Gasteiger partial charge >= 0.3 is 12.1 Å². The van der Waals surface area contributed by atoms with Crippen LogP contribution in [-0.2, 0) is 14.3 Å². The molecule has 0 bridgehead atoms. The van der Waals surface area contributed by atoms with E-state index in [0.29, 0.717) is 6.54 Å². The van der Waals surface area contributed by atoms with Gasteiger partial charge in [0.05, 0.1) is 6.61 Å². The normalized spacial score (nSPS) is 23.3. The van der Waals surface area contributed by atoms with Crippen LogP contribution >= 0.6 is 0 Å². The molecule has 0 aromatic carbocycles. The number of carbonyl (C=O) groups is 2. The number of halogens is 1. The third kappa shape index (κ3) is 3.81. The summed E-state index contributed by atoms with van der Waals surface area (Å²) in [5.41, 5.74) is -1.84. The molecule has 0 saturated carbocycles. The monoisotopic (exact) mass is 275 g/mol. The summed E-state index contributed by atoms with van der Waals surface area (Å²) < 4.78 is 23.3. The van der Waals surface area contributed by atoms with Crippen LogP contribution in [-0.4, -0.2) is 48.9 Å². The second-order valence-electron chi connectivity index (χ2n) is 5.79. The van der Waals surface area contributed by atoms with Crippen molar-refractivity contribution in [2.75, 3.05) is 26.4 Å². The SMILES string of the molecule is CCOC(=O)C1(CF)CCN(C(=O)OC(C)(C)C)C1. The van der Waals surface area contributed by atoms with Crippen LogP contribution in [0.4, 0.5) is 9.18 Å². The summed E-state index contributed by atoms with van der Waals surface area (Å²) >= 11 is 0. The molecule has 1 amide bonds. The Bertz CT molecular complexity index is 353. The minimum atomic E-state index is -1.23. The molecule has 1 saturated heterocycles. The van der Waals surface area contributed by atoms with E-state index in [1.54, 1.807) is 27.7 Å². The first-order valence-corrected chi connectivity index (χ1v) is 6.45. The lowest BCUT2D eigenvalue weighted by atomic mass is 9.89. The number of amides is 1. The first kappa shape index (κ1) is 15.7. The predicted molar refractivity (Wildman–Crippen MR) is 67.5 cm³/mol. The van der Waals surface area contributed by atoms with Crippen LogP contribution in [0.1, 0.15) is 34.1 Å². The summed E-state index contributed by atoms with van der Waals surface area (Å²) in [5, 5.41) is 0. The van der Waals surface area contributed by atoms with E-state index in [9.17, 15) is 14.0 Å². The van der Waals surface area contributed by atoms with Gasteiger partial charge in [-0.15, -0.1) is 0 Å². The molecule has 5 nitrogen and oxygen atoms in total. The van der Waals surface area contributed by atoms with E-state index >= 15 is 0 Å². The molecule has 1 heterocycles. The molecule has 19 heavy (non-hydrogen) atoms. The summed E-state index contributed by atoms with van der Waals surface area (Å²) in [5.74, 6) is -0.580. The van der Waals surface area contributed by atoms with Crippen molar-refractivity contribution in [2.45, 2.75) is 39.7 Å². The highest BCUT2D eigenvalue weighted by Crippen LogP contribution is 2.33. The van der Waals surface area contributed by atoms with Gasteiger partial charge in [-0.05, 0) is 34.1 Å². The number of esters is 1. The number of carbonyl (C=O) groups excluding carboxylic acids is 2. The zero-order valence-corrected chi connectivity index (χ0v) is 12.0. The lowest BCUT2D eigenvalue weighted by Crippen LogP contribution is -2.41. The van der Waals surface area contributed by atoms with Gasteiger partial charge in [0.15, 0.2) is 0 Å². The summed E-state index contributed by atoms with van der Waals surface area (Å²) in [4.78, 5) is 25.0. The van der Waals surface area contributed by atoms with Gasteiger partial charge < -0.3 is 14.4 Å². The molecule has 0 spiro atoms. The van der Waals surface area contributed by atoms with Crippen LogP contribution in [0.25, 0.3) is 0 Å². The number of likely N-dealkylation sites (tertiary alicyclic amines) is 1. The Balaban J connectivity index is 2.70. The fourth-order valence-electron chi connectivity index (χ4n) is 1.97. The molecule has 0 aromatic heterocycles. The topological polar surface area (TPSA) is 55.8 Å². The van der Waals surface area contributed by atoms with Crippen LogP contribution in [0, 0.1) is 5.41 Å². The van der Waals surface area contributed by atoms with Gasteiger partial charge in [0.2, 0.25) is 0 Å². The van der Waals surface area contributed by atoms with Crippen LogP contribution < -0.4 is 0 Å². The quantitative estimate of drug-likeness (QED) is 0.740. The van der Waals surface area contributed by atoms with Crippen molar-refractivity contribution in [3.63, 3.8) is 0 Å². The Hall–Kier alpha value is -1.33. The maximum atomic E-state index is 13.2. The standard InChI is InChI=1S/C13H22FNO4/c1-5-18-10(16)13(8-14)6-7-15(9-13)11(17)19-12(2,3)4/h5-9H2,1-4H3. The Morgan fingerprint density at radius 2 is 2.00 bits per heavy atom. The zero-order valence-electron chi connectivity index (χ0n) is 12.0. The van der Waals surface area contributed by atoms with Gasteiger partial charge in [0.1, 0.15) is 17.7 Å². The number of hydrogen-bond donors (Lipinski definition) is 0. The van der Waals surface area contributed by atoms with Crippen molar-refractivity contribution in [1.29, 1.82) is 0 Å². The van der Waals surface area contributed by atoms with Gasteiger partial charge in [0.25, 0.3) is 0 Å². The van der Waals surface area contributed by atoms with E-state index in [4.69, 9.17) is 9.47 Å². The van der Waals surface area contributed by atoms with Crippen LogP contribution in [0.3, 0.4) is 0 Å². The predicted octanol–water partition coefficient (Wildman–Crippen LogP) is 2.15. The third-order valence-electron chi connectivity index (χ3n) is 2.97. The Labute approximate surface area is 113 Å². The molecule has 0 N–H and O–H groups in total. The van der Waals surface area contributed by atoms with Gasteiger partial charge in [-0.1, -0.05) is 0 Å². The zero-order chi connectivity index (χ0) is 14.7. The molecule has 1 aliphatic heterocycles. The Morgan fingerprint density at radius 1 is 1.37 bits per heavy atom. The van der Waals surface area contributed by atoms with Gasteiger partial charge in [0, 0.05) is 13.1 Å². The number of alkyl halides is 1. The molecule has 0 radical (unpaired) electrons. The molecule has 1 unspecified atom stereocenters. The second-order valence-corrected chi connectivity index (χ2v) is 5.79. The van der Waals surface area contributed by atoms with Crippen molar-refractivity contribution >= 4 is 12.1 Å². The fourth-order valence-corrected chi connectivity index (χ4v) is 1.97.